The molecule has 1 aromatic rings. The summed E-state index contributed by atoms with van der Waals surface area (Å²) in [7, 11) is 0. The lowest BCUT2D eigenvalue weighted by molar-refractivity contribution is 0.330. The Bertz CT molecular complexity index is 265. The first kappa shape index (κ1) is 11.1. The first-order chi connectivity index (χ1) is 7.36. The van der Waals surface area contributed by atoms with Crippen molar-refractivity contribution in [3.63, 3.8) is 0 Å². The van der Waals surface area contributed by atoms with Crippen LogP contribution in [0, 0.1) is 0 Å². The van der Waals surface area contributed by atoms with Gasteiger partial charge in [-0.25, -0.2) is 0 Å². The van der Waals surface area contributed by atoms with E-state index in [-0.39, 0.29) is 0 Å². The molecule has 0 radical (unpaired) electrons. The average molecular weight is 224 g/mol. The van der Waals surface area contributed by atoms with E-state index >= 15 is 0 Å². The highest BCUT2D eigenvalue weighted by Crippen LogP contribution is 2.17. The van der Waals surface area contributed by atoms with Crippen molar-refractivity contribution in [3.05, 3.63) is 22.4 Å². The lowest BCUT2D eigenvalue weighted by Gasteiger charge is -2.17. The van der Waals surface area contributed by atoms with E-state index in [9.17, 15) is 0 Å². The zero-order valence-corrected chi connectivity index (χ0v) is 10.2. The quantitative estimate of drug-likeness (QED) is 0.826. The molecule has 1 aromatic heterocycles. The highest BCUT2D eigenvalue weighted by Gasteiger charge is 2.11. The second-order valence-electron chi connectivity index (χ2n) is 4.24. The van der Waals surface area contributed by atoms with Crippen molar-refractivity contribution in [2.75, 3.05) is 26.2 Å². The molecule has 0 amide bonds. The first-order valence-electron chi connectivity index (χ1n) is 5.85. The largest absolute Gasteiger partial charge is 0.308 e. The molecule has 3 heteroatoms. The van der Waals surface area contributed by atoms with Gasteiger partial charge in [-0.05, 0) is 44.3 Å². The maximum Gasteiger partial charge on any atom is 0.0386 e. The molecule has 0 saturated carbocycles. The van der Waals surface area contributed by atoms with Crippen LogP contribution in [-0.4, -0.2) is 31.1 Å². The Morgan fingerprint density at radius 3 is 2.93 bits per heavy atom. The van der Waals surface area contributed by atoms with E-state index < -0.39 is 0 Å². The molecular weight excluding hydrogens is 204 g/mol. The number of hydrogen-bond donors (Lipinski definition) is 1. The van der Waals surface area contributed by atoms with E-state index in [4.69, 9.17) is 0 Å². The number of thiophene rings is 1. The summed E-state index contributed by atoms with van der Waals surface area (Å²) >= 11 is 1.84. The van der Waals surface area contributed by atoms with Crippen molar-refractivity contribution in [1.29, 1.82) is 0 Å². The molecule has 0 aromatic carbocycles. The van der Waals surface area contributed by atoms with Gasteiger partial charge >= 0.3 is 0 Å². The molecule has 1 saturated heterocycles. The minimum Gasteiger partial charge on any atom is -0.308 e. The van der Waals surface area contributed by atoms with Crippen LogP contribution in [0.1, 0.15) is 30.7 Å². The molecule has 1 unspecified atom stereocenters. The first-order valence-corrected chi connectivity index (χ1v) is 6.73. The molecule has 0 bridgehead atoms. The molecule has 15 heavy (non-hydrogen) atoms. The number of likely N-dealkylation sites (tertiary alicyclic amines) is 1. The highest BCUT2D eigenvalue weighted by molar-refractivity contribution is 7.10. The van der Waals surface area contributed by atoms with Crippen molar-refractivity contribution < 1.29 is 0 Å². The summed E-state index contributed by atoms with van der Waals surface area (Å²) in [4.78, 5) is 3.99. The second-order valence-corrected chi connectivity index (χ2v) is 5.22. The van der Waals surface area contributed by atoms with Gasteiger partial charge in [0.2, 0.25) is 0 Å². The summed E-state index contributed by atoms with van der Waals surface area (Å²) in [5.74, 6) is 0. The van der Waals surface area contributed by atoms with E-state index in [0.29, 0.717) is 6.04 Å². The number of nitrogens with zero attached hydrogens (tertiary/aromatic N) is 1. The number of rotatable bonds is 5. The van der Waals surface area contributed by atoms with Gasteiger partial charge < -0.3 is 10.2 Å². The highest BCUT2D eigenvalue weighted by atomic mass is 32.1. The monoisotopic (exact) mass is 224 g/mol. The molecule has 2 heterocycles. The molecule has 1 N–H and O–H groups in total. The Morgan fingerprint density at radius 2 is 2.27 bits per heavy atom. The third kappa shape index (κ3) is 3.30. The minimum atomic E-state index is 0.507. The van der Waals surface area contributed by atoms with E-state index in [1.807, 2.05) is 11.3 Å². The van der Waals surface area contributed by atoms with Gasteiger partial charge in [-0.2, -0.15) is 0 Å². The van der Waals surface area contributed by atoms with Gasteiger partial charge in [0.05, 0.1) is 0 Å². The predicted molar refractivity (Wildman–Crippen MR) is 66.4 cm³/mol. The van der Waals surface area contributed by atoms with Crippen molar-refractivity contribution >= 4 is 11.3 Å². The fourth-order valence-corrected chi connectivity index (χ4v) is 2.84. The van der Waals surface area contributed by atoms with E-state index in [1.165, 1.54) is 37.4 Å². The predicted octanol–water partition coefficient (Wildman–Crippen LogP) is 2.49. The normalized spacial score (nSPS) is 19.5. The molecule has 2 rings (SSSR count). The average Bonchev–Trinajstić information content (AvgIpc) is 2.90. The van der Waals surface area contributed by atoms with E-state index in [1.54, 1.807) is 0 Å². The molecule has 0 spiro atoms. The van der Waals surface area contributed by atoms with Crippen LogP contribution in [0.5, 0.6) is 0 Å². The number of nitrogens with one attached hydrogen (secondary N) is 1. The maximum atomic E-state index is 3.58. The SMILES string of the molecule is CC(NCCN1CCCC1)c1cccs1. The van der Waals surface area contributed by atoms with Crippen molar-refractivity contribution in [2.24, 2.45) is 0 Å². The Hall–Kier alpha value is -0.380. The Morgan fingerprint density at radius 1 is 1.47 bits per heavy atom. The summed E-state index contributed by atoms with van der Waals surface area (Å²) in [5.41, 5.74) is 0. The van der Waals surface area contributed by atoms with E-state index in [0.717, 1.165) is 6.54 Å². The minimum absolute atomic E-state index is 0.507. The smallest absolute Gasteiger partial charge is 0.0386 e. The van der Waals surface area contributed by atoms with Crippen LogP contribution < -0.4 is 5.32 Å². The van der Waals surface area contributed by atoms with Crippen LogP contribution in [0.4, 0.5) is 0 Å². The van der Waals surface area contributed by atoms with Gasteiger partial charge in [-0.3, -0.25) is 0 Å². The molecule has 0 aliphatic carbocycles. The fraction of sp³-hybridized carbons (Fsp3) is 0.667. The van der Waals surface area contributed by atoms with Crippen LogP contribution in [0.15, 0.2) is 17.5 Å². The standard InChI is InChI=1S/C12H20N2S/c1-11(12-5-4-10-15-12)13-6-9-14-7-2-3-8-14/h4-5,10-11,13H,2-3,6-9H2,1H3. The van der Waals surface area contributed by atoms with Gasteiger partial charge in [0.1, 0.15) is 0 Å². The Balaban J connectivity index is 1.65. The molecule has 1 aliphatic heterocycles. The topological polar surface area (TPSA) is 15.3 Å². The van der Waals surface area contributed by atoms with Crippen molar-refractivity contribution in [1.82, 2.24) is 10.2 Å². The zero-order chi connectivity index (χ0) is 10.5. The summed E-state index contributed by atoms with van der Waals surface area (Å²) in [6.07, 6.45) is 2.78. The lowest BCUT2D eigenvalue weighted by atomic mass is 10.3. The third-order valence-corrected chi connectivity index (χ3v) is 4.10. The zero-order valence-electron chi connectivity index (χ0n) is 9.41. The molecule has 1 atom stereocenters. The molecule has 84 valence electrons. The van der Waals surface area contributed by atoms with Gasteiger partial charge in [0.25, 0.3) is 0 Å². The third-order valence-electron chi connectivity index (χ3n) is 3.05. The Kier molecular flexibility index (Phi) is 4.18. The van der Waals surface area contributed by atoms with Crippen molar-refractivity contribution in [3.8, 4) is 0 Å². The summed E-state index contributed by atoms with van der Waals surface area (Å²) in [6, 6.07) is 4.84. The fourth-order valence-electron chi connectivity index (χ4n) is 2.08. The summed E-state index contributed by atoms with van der Waals surface area (Å²) < 4.78 is 0. The molecule has 1 aliphatic rings. The van der Waals surface area contributed by atoms with Crippen molar-refractivity contribution in [2.45, 2.75) is 25.8 Å². The Labute approximate surface area is 96.3 Å². The molecule has 1 fully saturated rings. The number of hydrogen-bond acceptors (Lipinski definition) is 3. The van der Waals surface area contributed by atoms with Crippen LogP contribution in [0.25, 0.3) is 0 Å². The summed E-state index contributed by atoms with van der Waals surface area (Å²) in [5, 5.41) is 5.73. The van der Waals surface area contributed by atoms with Crippen LogP contribution in [0.3, 0.4) is 0 Å². The van der Waals surface area contributed by atoms with Crippen LogP contribution in [-0.2, 0) is 0 Å². The summed E-state index contributed by atoms with van der Waals surface area (Å²) in [6.45, 7) is 7.16. The second kappa shape index (κ2) is 5.64. The van der Waals surface area contributed by atoms with Crippen LogP contribution in [0.2, 0.25) is 0 Å². The lowest BCUT2D eigenvalue weighted by Crippen LogP contribution is -2.31. The van der Waals surface area contributed by atoms with E-state index in [2.05, 4.69) is 34.7 Å². The van der Waals surface area contributed by atoms with Gasteiger partial charge in [-0.15, -0.1) is 11.3 Å². The molecular formula is C12H20N2S. The van der Waals surface area contributed by atoms with Gasteiger partial charge in [-0.1, -0.05) is 6.07 Å². The van der Waals surface area contributed by atoms with Gasteiger partial charge in [0.15, 0.2) is 0 Å². The van der Waals surface area contributed by atoms with Crippen LogP contribution >= 0.6 is 11.3 Å². The molecule has 2 nitrogen and oxygen atoms in total. The van der Waals surface area contributed by atoms with Gasteiger partial charge in [0, 0.05) is 24.0 Å². The maximum absolute atomic E-state index is 3.58.